The average molecular weight is 499 g/mol. The summed E-state index contributed by atoms with van der Waals surface area (Å²) in [6.45, 7) is -0.934. The van der Waals surface area contributed by atoms with Crippen LogP contribution in [0.15, 0.2) is 73.1 Å². The highest BCUT2D eigenvalue weighted by Gasteiger charge is 2.27. The Balaban J connectivity index is 1.63. The topological polar surface area (TPSA) is 62.7 Å². The first-order chi connectivity index (χ1) is 18.4. The molecule has 1 aromatic heterocycles. The van der Waals surface area contributed by atoms with Crippen LogP contribution in [-0.2, 0) is 20.8 Å². The van der Waals surface area contributed by atoms with Gasteiger partial charge in [-0.1, -0.05) is 55.7 Å². The van der Waals surface area contributed by atoms with Crippen molar-refractivity contribution in [1.29, 1.82) is 0 Å². The van der Waals surface area contributed by atoms with Crippen molar-refractivity contribution in [3.05, 3.63) is 84.2 Å². The molecule has 1 saturated carbocycles. The maximum atomic E-state index is 13.8. The number of hydrogen-bond donors (Lipinski definition) is 0. The van der Waals surface area contributed by atoms with Gasteiger partial charge in [0, 0.05) is 38.0 Å². The maximum absolute atomic E-state index is 13.8. The summed E-state index contributed by atoms with van der Waals surface area (Å²) in [5, 5.41) is 0. The van der Waals surface area contributed by atoms with Crippen LogP contribution in [-0.4, -0.2) is 38.1 Å². The van der Waals surface area contributed by atoms with E-state index in [1.165, 1.54) is 13.2 Å². The second kappa shape index (κ2) is 12.3. The van der Waals surface area contributed by atoms with E-state index in [9.17, 15) is 9.59 Å². The largest absolute Gasteiger partial charge is 0.466 e. The highest BCUT2D eigenvalue weighted by atomic mass is 16.5. The molecule has 1 heterocycles. The summed E-state index contributed by atoms with van der Waals surface area (Å²) in [6.07, 6.45) is 11.0. The predicted molar refractivity (Wildman–Crippen MR) is 149 cm³/mol. The lowest BCUT2D eigenvalue weighted by Crippen LogP contribution is -2.36. The molecule has 6 nitrogen and oxygen atoms in total. The molecule has 2 aromatic carbocycles. The van der Waals surface area contributed by atoms with Crippen molar-refractivity contribution >= 4 is 29.3 Å². The number of methoxy groups -OCH3 is 1. The monoisotopic (exact) mass is 498 g/mol. The molecule has 3 aromatic rings. The van der Waals surface area contributed by atoms with Gasteiger partial charge in [0.2, 0.25) is 5.91 Å². The number of carbonyl (C=O) groups is 2. The van der Waals surface area contributed by atoms with Gasteiger partial charge in [0.05, 0.1) is 26.9 Å². The van der Waals surface area contributed by atoms with E-state index in [4.69, 9.17) is 1.37 Å². The zero-order valence-electron chi connectivity index (χ0n) is 22.8. The number of nitrogens with zero attached hydrogens (tertiary/aromatic N) is 3. The molecule has 1 aliphatic rings. The lowest BCUT2D eigenvalue weighted by atomic mass is 9.88. The second-order valence-corrected chi connectivity index (χ2v) is 9.57. The van der Waals surface area contributed by atoms with Crippen LogP contribution in [0.4, 0.5) is 11.4 Å². The van der Waals surface area contributed by atoms with Gasteiger partial charge in [0.25, 0.3) is 0 Å². The van der Waals surface area contributed by atoms with Crippen LogP contribution in [0.5, 0.6) is 0 Å². The van der Waals surface area contributed by atoms with Gasteiger partial charge in [0.15, 0.2) is 0 Å². The molecule has 0 bridgehead atoms. The number of ether oxygens (including phenoxy) is 1. The number of carbonyl (C=O) groups excluding carboxylic acids is 2. The van der Waals surface area contributed by atoms with Crippen LogP contribution in [0, 0.1) is 5.92 Å². The van der Waals surface area contributed by atoms with Crippen molar-refractivity contribution in [2.24, 2.45) is 5.92 Å². The third kappa shape index (κ3) is 6.85. The van der Waals surface area contributed by atoms with E-state index >= 15 is 0 Å². The molecule has 1 aliphatic carbocycles. The lowest BCUT2D eigenvalue weighted by molar-refractivity contribution is -0.134. The van der Waals surface area contributed by atoms with E-state index in [1.54, 1.807) is 29.4 Å². The highest BCUT2D eigenvalue weighted by Crippen LogP contribution is 2.30. The van der Waals surface area contributed by atoms with Gasteiger partial charge < -0.3 is 14.5 Å². The molecule has 0 saturated heterocycles. The Hall–Kier alpha value is -3.93. The summed E-state index contributed by atoms with van der Waals surface area (Å²) >= 11 is 0. The normalized spacial score (nSPS) is 15.2. The van der Waals surface area contributed by atoms with E-state index in [0.717, 1.165) is 54.5 Å². The van der Waals surface area contributed by atoms with Crippen molar-refractivity contribution in [3.8, 4) is 11.1 Å². The Bertz CT molecular complexity index is 1270. The van der Waals surface area contributed by atoms with Gasteiger partial charge in [-0.2, -0.15) is 0 Å². The first-order valence-corrected chi connectivity index (χ1v) is 12.7. The fourth-order valence-corrected chi connectivity index (χ4v) is 4.57. The van der Waals surface area contributed by atoms with Crippen LogP contribution in [0.1, 0.15) is 44.6 Å². The first kappa shape index (κ1) is 24.8. The van der Waals surface area contributed by atoms with Gasteiger partial charge in [-0.15, -0.1) is 0 Å². The SMILES string of the molecule is [2H]C(c1ccc(-c2ccc(N(C)C)cc2)cc1)N(C(=O)C1CCCCC1)c1cncc(/C=C/C(=O)OC)c1. The number of rotatable bonds is 8. The molecule has 0 spiro atoms. The van der Waals surface area contributed by atoms with Crippen molar-refractivity contribution in [2.45, 2.75) is 38.6 Å². The van der Waals surface area contributed by atoms with Crippen LogP contribution in [0.3, 0.4) is 0 Å². The average Bonchev–Trinajstić information content (AvgIpc) is 2.96. The molecule has 1 fully saturated rings. The minimum absolute atomic E-state index is 0.0519. The lowest BCUT2D eigenvalue weighted by Gasteiger charge is -2.29. The molecule has 192 valence electrons. The molecular formula is C31H35N3O3. The summed E-state index contributed by atoms with van der Waals surface area (Å²) in [4.78, 5) is 33.3. The van der Waals surface area contributed by atoms with Crippen molar-refractivity contribution in [3.63, 3.8) is 0 Å². The molecular weight excluding hydrogens is 462 g/mol. The van der Waals surface area contributed by atoms with Crippen LogP contribution >= 0.6 is 0 Å². The summed E-state index contributed by atoms with van der Waals surface area (Å²) in [5.41, 5.74) is 5.18. The maximum Gasteiger partial charge on any atom is 0.330 e. The number of benzene rings is 2. The number of aromatic nitrogens is 1. The minimum Gasteiger partial charge on any atom is -0.466 e. The fraction of sp³-hybridized carbons (Fsp3) is 0.323. The number of esters is 1. The summed E-state index contributed by atoms with van der Waals surface area (Å²) in [7, 11) is 5.35. The Labute approximate surface area is 221 Å². The smallest absolute Gasteiger partial charge is 0.330 e. The van der Waals surface area contributed by atoms with Gasteiger partial charge in [0.1, 0.15) is 0 Å². The summed E-state index contributed by atoms with van der Waals surface area (Å²) in [6, 6.07) is 17.9. The molecule has 1 amide bonds. The molecule has 1 atom stereocenters. The first-order valence-electron chi connectivity index (χ1n) is 13.3. The van der Waals surface area contributed by atoms with E-state index < -0.39 is 12.5 Å². The highest BCUT2D eigenvalue weighted by molar-refractivity contribution is 5.95. The van der Waals surface area contributed by atoms with Crippen molar-refractivity contribution in [1.82, 2.24) is 4.98 Å². The third-order valence-corrected chi connectivity index (χ3v) is 6.73. The molecule has 0 radical (unpaired) electrons. The zero-order valence-corrected chi connectivity index (χ0v) is 21.8. The van der Waals surface area contributed by atoms with E-state index in [2.05, 4.69) is 38.9 Å². The molecule has 4 rings (SSSR count). The second-order valence-electron chi connectivity index (χ2n) is 9.57. The molecule has 0 aliphatic heterocycles. The molecule has 37 heavy (non-hydrogen) atoms. The van der Waals surface area contributed by atoms with E-state index in [0.29, 0.717) is 11.3 Å². The Morgan fingerprint density at radius 2 is 1.62 bits per heavy atom. The van der Waals surface area contributed by atoms with Gasteiger partial charge in [-0.05, 0) is 59.4 Å². The molecule has 6 heteroatoms. The van der Waals surface area contributed by atoms with Crippen LogP contribution in [0.25, 0.3) is 17.2 Å². The third-order valence-electron chi connectivity index (χ3n) is 6.73. The zero-order chi connectivity index (χ0) is 27.1. The van der Waals surface area contributed by atoms with Crippen molar-refractivity contribution in [2.75, 3.05) is 31.0 Å². The Morgan fingerprint density at radius 3 is 2.24 bits per heavy atom. The van der Waals surface area contributed by atoms with Gasteiger partial charge in [-0.25, -0.2) is 4.79 Å². The number of pyridine rings is 1. The molecule has 1 unspecified atom stereocenters. The quantitative estimate of drug-likeness (QED) is 0.277. The fourth-order valence-electron chi connectivity index (χ4n) is 4.57. The number of anilines is 2. The van der Waals surface area contributed by atoms with Crippen LogP contribution < -0.4 is 9.80 Å². The summed E-state index contributed by atoms with van der Waals surface area (Å²) < 4.78 is 13.8. The number of amides is 1. The van der Waals surface area contributed by atoms with E-state index in [1.807, 2.05) is 38.4 Å². The van der Waals surface area contributed by atoms with E-state index in [-0.39, 0.29) is 11.8 Å². The van der Waals surface area contributed by atoms with Crippen molar-refractivity contribution < 1.29 is 15.7 Å². The Morgan fingerprint density at radius 1 is 0.973 bits per heavy atom. The standard InChI is InChI=1S/C31H35N3O3/c1-33(2)28-16-14-26(15-17-28)25-12-9-23(10-13-25)22-34(31(36)27-7-5-4-6-8-27)29-19-24(20-32-21-29)11-18-30(35)37-3/h9-21,27H,4-8,22H2,1-3H3/b18-11+/i22D. The minimum atomic E-state index is -0.934. The predicted octanol–water partition coefficient (Wildman–Crippen LogP) is 6.11. The Kier molecular flexibility index (Phi) is 8.26. The van der Waals surface area contributed by atoms with Gasteiger partial charge >= 0.3 is 5.97 Å². The molecule has 0 N–H and O–H groups in total. The summed E-state index contributed by atoms with van der Waals surface area (Å²) in [5.74, 6) is -0.635. The van der Waals surface area contributed by atoms with Gasteiger partial charge in [-0.3, -0.25) is 9.78 Å². The van der Waals surface area contributed by atoms with Crippen LogP contribution in [0.2, 0.25) is 0 Å². The number of hydrogen-bond acceptors (Lipinski definition) is 5.